The minimum absolute atomic E-state index is 0.1000. The van der Waals surface area contributed by atoms with Crippen molar-refractivity contribution in [3.63, 3.8) is 0 Å². The first kappa shape index (κ1) is 14.6. The summed E-state index contributed by atoms with van der Waals surface area (Å²) in [5, 5.41) is 16.6. The van der Waals surface area contributed by atoms with Gasteiger partial charge < -0.3 is 9.84 Å². The number of hydrogen-bond donors (Lipinski definition) is 2. The van der Waals surface area contributed by atoms with Crippen LogP contribution in [0, 0.1) is 5.41 Å². The van der Waals surface area contributed by atoms with Gasteiger partial charge in [0.1, 0.15) is 17.0 Å². The molecule has 0 unspecified atom stereocenters. The predicted octanol–water partition coefficient (Wildman–Crippen LogP) is 2.77. The lowest BCUT2D eigenvalue weighted by Crippen LogP contribution is -2.27. The molecule has 0 spiro atoms. The van der Waals surface area contributed by atoms with Gasteiger partial charge in [0.05, 0.1) is 6.61 Å². The van der Waals surface area contributed by atoms with Crippen LogP contribution in [0.15, 0.2) is 11.3 Å². The van der Waals surface area contributed by atoms with E-state index in [1.165, 1.54) is 6.92 Å². The van der Waals surface area contributed by atoms with Gasteiger partial charge in [-0.1, -0.05) is 34.8 Å². The van der Waals surface area contributed by atoms with Crippen LogP contribution < -0.4 is 0 Å². The number of aliphatic hydroxyl groups excluding tert-OH is 1. The quantitative estimate of drug-likeness (QED) is 0.273. The first-order valence-electron chi connectivity index (χ1n) is 3.94. The van der Waals surface area contributed by atoms with Crippen molar-refractivity contribution < 1.29 is 14.6 Å². The van der Waals surface area contributed by atoms with Crippen LogP contribution in [0.5, 0.6) is 0 Å². The third kappa shape index (κ3) is 4.28. The van der Waals surface area contributed by atoms with E-state index in [0.29, 0.717) is 0 Å². The molecular weight excluding hydrogens is 264 g/mol. The van der Waals surface area contributed by atoms with Gasteiger partial charge in [0, 0.05) is 0 Å². The molecule has 0 atom stereocenters. The van der Waals surface area contributed by atoms with Crippen LogP contribution in [0.25, 0.3) is 0 Å². The van der Waals surface area contributed by atoms with Crippen molar-refractivity contribution >= 4 is 46.5 Å². The van der Waals surface area contributed by atoms with Gasteiger partial charge in [-0.15, -0.1) is 0 Å². The molecule has 0 fully saturated rings. The molecule has 15 heavy (non-hydrogen) atoms. The average molecular weight is 275 g/mol. The number of halogens is 3. The number of hydrogen-bond acceptors (Lipinski definition) is 4. The van der Waals surface area contributed by atoms with E-state index < -0.39 is 26.8 Å². The lowest BCUT2D eigenvalue weighted by atomic mass is 10.1. The fraction of sp³-hybridized carbons (Fsp3) is 0.500. The number of alkyl halides is 3. The first-order valence-corrected chi connectivity index (χ1v) is 5.08. The molecule has 4 nitrogen and oxygen atoms in total. The minimum Gasteiger partial charge on any atom is -0.512 e. The summed E-state index contributed by atoms with van der Waals surface area (Å²) in [6.45, 7) is 2.89. The van der Waals surface area contributed by atoms with E-state index >= 15 is 0 Å². The van der Waals surface area contributed by atoms with Crippen LogP contribution >= 0.6 is 34.8 Å². The predicted molar refractivity (Wildman–Crippen MR) is 60.0 cm³/mol. The van der Waals surface area contributed by atoms with E-state index in [4.69, 9.17) is 40.2 Å². The number of esters is 1. The number of nitrogens with one attached hydrogen (secondary N) is 1. The average Bonchev–Trinajstić information content (AvgIpc) is 2.02. The zero-order valence-electron chi connectivity index (χ0n) is 8.10. The number of aliphatic hydroxyl groups is 1. The molecule has 0 saturated carbocycles. The lowest BCUT2D eigenvalue weighted by Gasteiger charge is -2.15. The highest BCUT2D eigenvalue weighted by Gasteiger charge is 2.34. The normalized spacial score (nSPS) is 13.1. The van der Waals surface area contributed by atoms with E-state index in [-0.39, 0.29) is 6.61 Å². The van der Waals surface area contributed by atoms with E-state index in [0.717, 1.165) is 0 Å². The highest BCUT2D eigenvalue weighted by atomic mass is 35.6. The van der Waals surface area contributed by atoms with Crippen LogP contribution in [0.4, 0.5) is 0 Å². The Morgan fingerprint density at radius 2 is 1.93 bits per heavy atom. The van der Waals surface area contributed by atoms with Crippen LogP contribution in [-0.2, 0) is 9.53 Å². The molecule has 0 saturated heterocycles. The van der Waals surface area contributed by atoms with Gasteiger partial charge in [0.2, 0.25) is 3.79 Å². The minimum atomic E-state index is -2.08. The summed E-state index contributed by atoms with van der Waals surface area (Å²) >= 11 is 16.3. The van der Waals surface area contributed by atoms with Crippen LogP contribution in [0.1, 0.15) is 13.8 Å². The third-order valence-electron chi connectivity index (χ3n) is 1.37. The summed E-state index contributed by atoms with van der Waals surface area (Å²) in [7, 11) is 0. The molecule has 0 bridgehead atoms. The van der Waals surface area contributed by atoms with Gasteiger partial charge >= 0.3 is 5.97 Å². The van der Waals surface area contributed by atoms with E-state index in [1.807, 2.05) is 0 Å². The Bertz CT molecular complexity index is 303. The van der Waals surface area contributed by atoms with Crippen molar-refractivity contribution in [3.8, 4) is 0 Å². The molecule has 0 aromatic carbocycles. The fourth-order valence-electron chi connectivity index (χ4n) is 0.776. The Hall–Kier alpha value is -0.450. The second-order valence-electron chi connectivity index (χ2n) is 2.55. The van der Waals surface area contributed by atoms with Crippen molar-refractivity contribution in [3.05, 3.63) is 11.3 Å². The molecular formula is C8H10Cl3NO3. The Labute approximate surface area is 102 Å². The summed E-state index contributed by atoms with van der Waals surface area (Å²) in [6.07, 6.45) is 0. The molecule has 0 aromatic heterocycles. The lowest BCUT2D eigenvalue weighted by molar-refractivity contribution is -0.138. The molecule has 0 radical (unpaired) electrons. The zero-order valence-corrected chi connectivity index (χ0v) is 10.4. The van der Waals surface area contributed by atoms with Gasteiger partial charge in [0.15, 0.2) is 0 Å². The standard InChI is InChI=1S/C8H10Cl3NO3/c1-3-15-7(14)5(4(2)13)6(12)8(9,10)11/h12-13H,3H2,1-2H3. The van der Waals surface area contributed by atoms with Crippen molar-refractivity contribution in [1.82, 2.24) is 0 Å². The molecule has 0 aromatic rings. The van der Waals surface area contributed by atoms with E-state index in [2.05, 4.69) is 4.74 Å². The van der Waals surface area contributed by atoms with Crippen molar-refractivity contribution in [2.45, 2.75) is 17.6 Å². The smallest absolute Gasteiger partial charge is 0.343 e. The zero-order chi connectivity index (χ0) is 12.2. The van der Waals surface area contributed by atoms with Gasteiger partial charge in [-0.3, -0.25) is 5.41 Å². The number of rotatable bonds is 3. The van der Waals surface area contributed by atoms with Gasteiger partial charge in [-0.05, 0) is 13.8 Å². The summed E-state index contributed by atoms with van der Waals surface area (Å²) in [6, 6.07) is 0. The monoisotopic (exact) mass is 273 g/mol. The summed E-state index contributed by atoms with van der Waals surface area (Å²) < 4.78 is 2.53. The molecule has 0 aliphatic carbocycles. The third-order valence-corrected chi connectivity index (χ3v) is 1.94. The molecule has 0 aliphatic heterocycles. The van der Waals surface area contributed by atoms with Gasteiger partial charge in [-0.25, -0.2) is 4.79 Å². The van der Waals surface area contributed by atoms with Crippen molar-refractivity contribution in [2.24, 2.45) is 0 Å². The second kappa shape index (κ2) is 5.58. The number of carbonyl (C=O) groups excluding carboxylic acids is 1. The van der Waals surface area contributed by atoms with Crippen molar-refractivity contribution in [2.75, 3.05) is 6.61 Å². The largest absolute Gasteiger partial charge is 0.512 e. The number of allylic oxidation sites excluding steroid dienone is 1. The van der Waals surface area contributed by atoms with E-state index in [9.17, 15) is 9.90 Å². The topological polar surface area (TPSA) is 70.4 Å². The molecule has 2 N–H and O–H groups in total. The summed E-state index contributed by atoms with van der Waals surface area (Å²) in [5.41, 5.74) is -1.05. The number of ether oxygens (including phenoxy) is 1. The van der Waals surface area contributed by atoms with Gasteiger partial charge in [0.25, 0.3) is 0 Å². The molecule has 0 rings (SSSR count). The molecule has 7 heteroatoms. The summed E-state index contributed by atoms with van der Waals surface area (Å²) in [4.78, 5) is 11.3. The fourth-order valence-corrected chi connectivity index (χ4v) is 1.06. The summed E-state index contributed by atoms with van der Waals surface area (Å²) in [5.74, 6) is -1.32. The van der Waals surface area contributed by atoms with Gasteiger partial charge in [-0.2, -0.15) is 0 Å². The van der Waals surface area contributed by atoms with E-state index in [1.54, 1.807) is 6.92 Å². The molecule has 86 valence electrons. The SMILES string of the molecule is CCOC(=O)C(C(=N)C(Cl)(Cl)Cl)=C(C)O. The maximum absolute atomic E-state index is 11.3. The van der Waals surface area contributed by atoms with Crippen LogP contribution in [-0.4, -0.2) is 27.2 Å². The van der Waals surface area contributed by atoms with Crippen LogP contribution in [0.3, 0.4) is 0 Å². The highest BCUT2D eigenvalue weighted by molar-refractivity contribution is 6.78. The number of carbonyl (C=O) groups is 1. The Morgan fingerprint density at radius 3 is 2.20 bits per heavy atom. The van der Waals surface area contributed by atoms with Crippen LogP contribution in [0.2, 0.25) is 0 Å². The molecule has 0 amide bonds. The van der Waals surface area contributed by atoms with Crippen molar-refractivity contribution in [1.29, 1.82) is 5.41 Å². The maximum Gasteiger partial charge on any atom is 0.343 e. The Morgan fingerprint density at radius 1 is 1.47 bits per heavy atom. The second-order valence-corrected chi connectivity index (χ2v) is 4.83. The first-order chi connectivity index (χ1) is 6.71. The maximum atomic E-state index is 11.3. The Balaban J connectivity index is 5.13. The molecule has 0 aliphatic rings. The molecule has 0 heterocycles. The Kier molecular flexibility index (Phi) is 5.42. The highest BCUT2D eigenvalue weighted by Crippen LogP contribution is 2.31.